The lowest BCUT2D eigenvalue weighted by atomic mass is 9.96. The first-order valence-corrected chi connectivity index (χ1v) is 16.3. The molecule has 2 N–H and O–H groups in total. The van der Waals surface area contributed by atoms with Crippen molar-refractivity contribution in [2.45, 2.75) is 84.5 Å². The first-order valence-electron chi connectivity index (χ1n) is 16.3. The molecule has 0 bridgehead atoms. The molecule has 0 aliphatic carbocycles. The van der Waals surface area contributed by atoms with Gasteiger partial charge in [0.05, 0.1) is 34.6 Å². The van der Waals surface area contributed by atoms with Gasteiger partial charge in [-0.2, -0.15) is 0 Å². The molecular formula is C37H44N3O4+. The summed E-state index contributed by atoms with van der Waals surface area (Å²) < 4.78 is 0.850. The molecule has 0 aliphatic heterocycles. The Morgan fingerprint density at radius 3 is 1.59 bits per heavy atom. The Morgan fingerprint density at radius 1 is 0.545 bits per heavy atom. The number of unbranched alkanes of at least 4 members (excludes halogenated alkanes) is 6. The minimum Gasteiger partial charge on any atom is -0.288 e. The number of hydrogen-bond donors (Lipinski definition) is 2. The van der Waals surface area contributed by atoms with Crippen LogP contribution in [0, 0.1) is 0 Å². The van der Waals surface area contributed by atoms with Gasteiger partial charge in [-0.1, -0.05) is 69.9 Å². The zero-order chi connectivity index (χ0) is 31.1. The molecule has 5 aromatic rings. The van der Waals surface area contributed by atoms with Crippen molar-refractivity contribution in [2.75, 3.05) is 13.1 Å². The molecule has 0 saturated heterocycles. The molecule has 0 fully saturated rings. The second-order valence-corrected chi connectivity index (χ2v) is 12.2. The summed E-state index contributed by atoms with van der Waals surface area (Å²) >= 11 is 0. The van der Waals surface area contributed by atoms with E-state index in [1.54, 1.807) is 0 Å². The van der Waals surface area contributed by atoms with Gasteiger partial charge in [0, 0.05) is 0 Å². The highest BCUT2D eigenvalue weighted by atomic mass is 16.2. The molecule has 0 atom stereocenters. The molecule has 5 rings (SSSR count). The number of aromatic amines is 2. The monoisotopic (exact) mass is 594 g/mol. The maximum Gasteiger partial charge on any atom is 0.259 e. The lowest BCUT2D eigenvalue weighted by molar-refractivity contribution is 0.356. The molecule has 2 heterocycles. The van der Waals surface area contributed by atoms with Gasteiger partial charge >= 0.3 is 0 Å². The first kappa shape index (κ1) is 31.3. The summed E-state index contributed by atoms with van der Waals surface area (Å²) in [5.41, 5.74) is 2.22. The molecular weight excluding hydrogens is 550 g/mol. The van der Waals surface area contributed by atoms with Crippen molar-refractivity contribution in [3.63, 3.8) is 0 Å². The van der Waals surface area contributed by atoms with Gasteiger partial charge in [-0.3, -0.25) is 33.6 Å². The quantitative estimate of drug-likeness (QED) is 0.0955. The number of hydrogen-bond acceptors (Lipinski definition) is 4. The summed E-state index contributed by atoms with van der Waals surface area (Å²) in [6, 6.07) is 21.3. The van der Waals surface area contributed by atoms with Gasteiger partial charge in [0.1, 0.15) is 11.4 Å². The van der Waals surface area contributed by atoms with Gasteiger partial charge in [-0.15, -0.1) is 0 Å². The van der Waals surface area contributed by atoms with Crippen LogP contribution in [0.5, 0.6) is 0 Å². The highest BCUT2D eigenvalue weighted by molar-refractivity contribution is 6.01. The van der Waals surface area contributed by atoms with Crippen molar-refractivity contribution in [3.05, 3.63) is 113 Å². The predicted octanol–water partition coefficient (Wildman–Crippen LogP) is 6.94. The highest BCUT2D eigenvalue weighted by Crippen LogP contribution is 2.36. The van der Waals surface area contributed by atoms with Crippen molar-refractivity contribution in [2.24, 2.45) is 0 Å². The Bertz CT molecular complexity index is 1810. The van der Waals surface area contributed by atoms with Gasteiger partial charge in [-0.25, -0.2) is 0 Å². The molecule has 3 aromatic carbocycles. The molecule has 44 heavy (non-hydrogen) atoms. The van der Waals surface area contributed by atoms with E-state index < -0.39 is 22.2 Å². The molecule has 230 valence electrons. The van der Waals surface area contributed by atoms with Crippen molar-refractivity contribution in [1.82, 2.24) is 14.5 Å². The zero-order valence-electron chi connectivity index (χ0n) is 26.0. The van der Waals surface area contributed by atoms with Crippen LogP contribution in [0.1, 0.15) is 82.8 Å². The molecule has 0 saturated carbocycles. The summed E-state index contributed by atoms with van der Waals surface area (Å²) in [7, 11) is 0. The van der Waals surface area contributed by atoms with Crippen LogP contribution < -0.4 is 26.7 Å². The Balaban J connectivity index is 1.41. The summed E-state index contributed by atoms with van der Waals surface area (Å²) in [6.07, 6.45) is 11.6. The van der Waals surface area contributed by atoms with Gasteiger partial charge in [0.15, 0.2) is 0 Å². The zero-order valence-corrected chi connectivity index (χ0v) is 26.0. The van der Waals surface area contributed by atoms with Crippen LogP contribution in [-0.2, 0) is 12.8 Å². The van der Waals surface area contributed by atoms with E-state index in [9.17, 15) is 19.2 Å². The Hall–Kier alpha value is -4.10. The fraction of sp³-hybridized carbons (Fsp3) is 0.405. The third-order valence-electron chi connectivity index (χ3n) is 9.19. The minimum atomic E-state index is -0.527. The van der Waals surface area contributed by atoms with Gasteiger partial charge in [0.25, 0.3) is 22.2 Å². The highest BCUT2D eigenvalue weighted by Gasteiger charge is 2.32. The third kappa shape index (κ3) is 6.39. The number of benzene rings is 3. The molecule has 0 unspecified atom stereocenters. The van der Waals surface area contributed by atoms with E-state index in [0.717, 1.165) is 24.0 Å². The fourth-order valence-electron chi connectivity index (χ4n) is 6.86. The molecule has 0 aliphatic rings. The molecule has 7 nitrogen and oxygen atoms in total. The maximum absolute atomic E-state index is 12.6. The number of fused-ring (bicyclic) bond motifs is 2. The maximum atomic E-state index is 12.6. The topological polar surface area (TPSA) is 99.9 Å². The molecule has 0 radical (unpaired) electrons. The largest absolute Gasteiger partial charge is 0.288 e. The van der Waals surface area contributed by atoms with Crippen LogP contribution in [-0.4, -0.2) is 23.1 Å². The van der Waals surface area contributed by atoms with Gasteiger partial charge in [0.2, 0.25) is 0 Å². The average Bonchev–Trinajstić information content (AvgIpc) is 3.49. The second-order valence-electron chi connectivity index (χ2n) is 12.2. The number of H-pyrrole nitrogens is 2. The Labute approximate surface area is 257 Å². The number of aromatic nitrogens is 2. The number of rotatable bonds is 16. The van der Waals surface area contributed by atoms with E-state index >= 15 is 0 Å². The average molecular weight is 595 g/mol. The summed E-state index contributed by atoms with van der Waals surface area (Å²) in [5, 5.41) is 0.798. The minimum absolute atomic E-state index is 0.172. The van der Waals surface area contributed by atoms with Crippen molar-refractivity contribution in [1.29, 1.82) is 0 Å². The molecule has 0 amide bonds. The molecule has 0 spiro atoms. The summed E-state index contributed by atoms with van der Waals surface area (Å²) in [5.74, 6) is 0. The van der Waals surface area contributed by atoms with Crippen LogP contribution in [0.15, 0.2) is 79.8 Å². The van der Waals surface area contributed by atoms with Crippen LogP contribution >= 0.6 is 0 Å². The lowest BCUT2D eigenvalue weighted by Gasteiger charge is -2.38. The Morgan fingerprint density at radius 2 is 1.07 bits per heavy atom. The van der Waals surface area contributed by atoms with Crippen LogP contribution in [0.4, 0.5) is 11.4 Å². The van der Waals surface area contributed by atoms with E-state index in [0.29, 0.717) is 18.4 Å². The van der Waals surface area contributed by atoms with Gasteiger partial charge < -0.3 is 0 Å². The molecule has 2 aromatic heterocycles. The van der Waals surface area contributed by atoms with E-state index in [1.807, 2.05) is 0 Å². The second kappa shape index (κ2) is 14.1. The van der Waals surface area contributed by atoms with Crippen molar-refractivity contribution in [3.8, 4) is 0 Å². The number of nitrogens with zero attached hydrogens (tertiary/aromatic N) is 1. The Kier molecular flexibility index (Phi) is 10.1. The van der Waals surface area contributed by atoms with E-state index in [1.165, 1.54) is 74.4 Å². The lowest BCUT2D eigenvalue weighted by Crippen LogP contribution is -2.46. The summed E-state index contributed by atoms with van der Waals surface area (Å²) in [4.78, 5) is 54.7. The first-order chi connectivity index (χ1) is 21.4. The summed E-state index contributed by atoms with van der Waals surface area (Å²) in [6.45, 7) is 6.65. The number of para-hydroxylation sites is 1. The van der Waals surface area contributed by atoms with E-state index in [2.05, 4.69) is 78.4 Å². The van der Waals surface area contributed by atoms with Crippen molar-refractivity contribution >= 4 is 32.9 Å². The number of aryl methyl sites for hydroxylation is 2. The van der Waals surface area contributed by atoms with Crippen LogP contribution in [0.2, 0.25) is 0 Å². The standard InChI is InChI=1S/C37H43N3O4/c1-3-5-7-12-23-40(24-13-8-6-4-2,27-16-10-9-11-17-27)28-21-19-26(20-22-28)15-14-18-29-32-30(34(41)38-36(32)43)25-31-33(29)37(44)39-35(31)42/h9-11,16-17,19-22,25H,3-8,12-15,18,23-24H2,1-2H3,(H-,38,39,41,42,43,44)/p+1. The fourth-order valence-corrected chi connectivity index (χ4v) is 6.86. The SMILES string of the molecule is CCCCCC[N+](CCCCCC)(c1ccccc1)c1ccc(CCCc2c3c(=O)[nH]c(=O)c3cc3c(=O)[nH]c(=O)c23)cc1. The van der Waals surface area contributed by atoms with Crippen LogP contribution in [0.3, 0.4) is 0 Å². The third-order valence-corrected chi connectivity index (χ3v) is 9.19. The van der Waals surface area contributed by atoms with E-state index in [-0.39, 0.29) is 21.5 Å². The molecule has 7 heteroatoms. The predicted molar refractivity (Wildman–Crippen MR) is 182 cm³/mol. The smallest absolute Gasteiger partial charge is 0.259 e. The van der Waals surface area contributed by atoms with Gasteiger partial charge in [-0.05, 0) is 86.4 Å². The number of nitrogens with one attached hydrogen (secondary N) is 2. The van der Waals surface area contributed by atoms with Crippen molar-refractivity contribution < 1.29 is 0 Å². The van der Waals surface area contributed by atoms with Crippen LogP contribution in [0.25, 0.3) is 21.5 Å². The number of quaternary nitrogens is 1. The van der Waals surface area contributed by atoms with E-state index in [4.69, 9.17) is 0 Å². The normalized spacial score (nSPS) is 12.0.